The Balaban J connectivity index is 3.05. The largest absolute Gasteiger partial charge is 0.328 e. The van der Waals surface area contributed by atoms with Gasteiger partial charge in [0.1, 0.15) is 0 Å². The average molecular weight is 186 g/mol. The second-order valence-corrected chi connectivity index (χ2v) is 3.75. The molecule has 0 radical (unpaired) electrons. The van der Waals surface area contributed by atoms with Crippen LogP contribution in [0, 0.1) is 0 Å². The molecule has 0 bridgehead atoms. The van der Waals surface area contributed by atoms with Crippen molar-refractivity contribution in [3.8, 4) is 0 Å². The van der Waals surface area contributed by atoms with Crippen LogP contribution in [0.15, 0.2) is 0 Å². The number of hydrogen-bond donors (Lipinski definition) is 2. The monoisotopic (exact) mass is 186 g/mol. The first-order chi connectivity index (χ1) is 6.31. The molecule has 0 amide bonds. The quantitative estimate of drug-likeness (QED) is 0.542. The Morgan fingerprint density at radius 1 is 1.08 bits per heavy atom. The predicted molar refractivity (Wildman–Crippen MR) is 59.9 cm³/mol. The van der Waals surface area contributed by atoms with Gasteiger partial charge in [0.15, 0.2) is 0 Å². The molecule has 3 N–H and O–H groups in total. The molecule has 0 aromatic rings. The maximum absolute atomic E-state index is 5.96. The van der Waals surface area contributed by atoms with Crippen LogP contribution in [0.2, 0.25) is 0 Å². The molecule has 0 fully saturated rings. The van der Waals surface area contributed by atoms with Gasteiger partial charge in [-0.1, -0.05) is 39.5 Å². The Labute approximate surface area is 83.3 Å². The summed E-state index contributed by atoms with van der Waals surface area (Å²) in [5.74, 6) is 0. The van der Waals surface area contributed by atoms with Crippen molar-refractivity contribution < 1.29 is 0 Å². The molecule has 0 heterocycles. The highest BCUT2D eigenvalue weighted by Gasteiger charge is 2.00. The van der Waals surface area contributed by atoms with Gasteiger partial charge in [-0.05, 0) is 25.9 Å². The van der Waals surface area contributed by atoms with E-state index in [9.17, 15) is 0 Å². The number of nitrogens with two attached hydrogens (primary N) is 1. The van der Waals surface area contributed by atoms with Crippen LogP contribution in [-0.2, 0) is 0 Å². The standard InChI is InChI=1S/C11H26N2/c1-3-5-6-7-8-11(12)9-10-13-4-2/h11,13H,3-10,12H2,1-2H3. The summed E-state index contributed by atoms with van der Waals surface area (Å²) in [6.07, 6.45) is 7.66. The fraction of sp³-hybridized carbons (Fsp3) is 1.00. The summed E-state index contributed by atoms with van der Waals surface area (Å²) >= 11 is 0. The van der Waals surface area contributed by atoms with Crippen molar-refractivity contribution in [3.05, 3.63) is 0 Å². The summed E-state index contributed by atoms with van der Waals surface area (Å²) in [6, 6.07) is 0.413. The van der Waals surface area contributed by atoms with Crippen LogP contribution >= 0.6 is 0 Å². The van der Waals surface area contributed by atoms with Crippen LogP contribution in [0.3, 0.4) is 0 Å². The first-order valence-electron chi connectivity index (χ1n) is 5.77. The lowest BCUT2D eigenvalue weighted by atomic mass is 10.1. The Morgan fingerprint density at radius 3 is 2.46 bits per heavy atom. The topological polar surface area (TPSA) is 38.0 Å². The molecule has 1 unspecified atom stereocenters. The van der Waals surface area contributed by atoms with Gasteiger partial charge < -0.3 is 11.1 Å². The van der Waals surface area contributed by atoms with E-state index in [1.165, 1.54) is 32.1 Å². The summed E-state index contributed by atoms with van der Waals surface area (Å²) in [5, 5.41) is 3.30. The van der Waals surface area contributed by atoms with E-state index in [4.69, 9.17) is 5.73 Å². The molecule has 1 atom stereocenters. The third-order valence-electron chi connectivity index (χ3n) is 2.37. The molecule has 2 heteroatoms. The van der Waals surface area contributed by atoms with E-state index in [-0.39, 0.29) is 0 Å². The summed E-state index contributed by atoms with van der Waals surface area (Å²) < 4.78 is 0. The van der Waals surface area contributed by atoms with Crippen molar-refractivity contribution in [2.75, 3.05) is 13.1 Å². The van der Waals surface area contributed by atoms with E-state index in [0.29, 0.717) is 6.04 Å². The van der Waals surface area contributed by atoms with Gasteiger partial charge in [0.05, 0.1) is 0 Å². The van der Waals surface area contributed by atoms with Crippen LogP contribution in [0.4, 0.5) is 0 Å². The van der Waals surface area contributed by atoms with Gasteiger partial charge in [-0.15, -0.1) is 0 Å². The van der Waals surface area contributed by atoms with Crippen LogP contribution in [0.1, 0.15) is 52.4 Å². The minimum atomic E-state index is 0.413. The van der Waals surface area contributed by atoms with Crippen LogP contribution in [0.5, 0.6) is 0 Å². The number of unbranched alkanes of at least 4 members (excludes halogenated alkanes) is 3. The fourth-order valence-corrected chi connectivity index (χ4v) is 1.44. The van der Waals surface area contributed by atoms with Gasteiger partial charge in [0.2, 0.25) is 0 Å². The second kappa shape index (κ2) is 10.0. The van der Waals surface area contributed by atoms with E-state index in [0.717, 1.165) is 19.5 Å². The lowest BCUT2D eigenvalue weighted by Crippen LogP contribution is -2.26. The average Bonchev–Trinajstić information content (AvgIpc) is 2.13. The first-order valence-corrected chi connectivity index (χ1v) is 5.77. The van der Waals surface area contributed by atoms with Crippen LogP contribution in [-0.4, -0.2) is 19.1 Å². The van der Waals surface area contributed by atoms with E-state index >= 15 is 0 Å². The highest BCUT2D eigenvalue weighted by atomic mass is 14.8. The molecular formula is C11H26N2. The first kappa shape index (κ1) is 12.9. The lowest BCUT2D eigenvalue weighted by molar-refractivity contribution is 0.505. The highest BCUT2D eigenvalue weighted by Crippen LogP contribution is 2.05. The molecule has 0 aliphatic carbocycles. The van der Waals surface area contributed by atoms with Crippen molar-refractivity contribution in [2.24, 2.45) is 5.73 Å². The maximum atomic E-state index is 5.96. The number of rotatable bonds is 9. The molecule has 2 nitrogen and oxygen atoms in total. The SMILES string of the molecule is CCCCCCC(N)CCNCC. The number of hydrogen-bond acceptors (Lipinski definition) is 2. The molecule has 0 saturated heterocycles. The van der Waals surface area contributed by atoms with E-state index < -0.39 is 0 Å². The lowest BCUT2D eigenvalue weighted by Gasteiger charge is -2.10. The summed E-state index contributed by atoms with van der Waals surface area (Å²) in [5.41, 5.74) is 5.96. The molecule has 0 aromatic carbocycles. The van der Waals surface area contributed by atoms with Crippen molar-refractivity contribution in [1.29, 1.82) is 0 Å². The minimum Gasteiger partial charge on any atom is -0.328 e. The third kappa shape index (κ3) is 9.84. The minimum absolute atomic E-state index is 0.413. The van der Waals surface area contributed by atoms with Crippen molar-refractivity contribution in [2.45, 2.75) is 58.4 Å². The maximum Gasteiger partial charge on any atom is 0.00509 e. The van der Waals surface area contributed by atoms with Gasteiger partial charge in [-0.3, -0.25) is 0 Å². The zero-order chi connectivity index (χ0) is 9.94. The zero-order valence-corrected chi connectivity index (χ0v) is 9.31. The van der Waals surface area contributed by atoms with Gasteiger partial charge in [-0.25, -0.2) is 0 Å². The number of nitrogens with one attached hydrogen (secondary N) is 1. The molecule has 13 heavy (non-hydrogen) atoms. The molecule has 0 aromatic heterocycles. The van der Waals surface area contributed by atoms with Crippen molar-refractivity contribution in [1.82, 2.24) is 5.32 Å². The molecule has 80 valence electrons. The predicted octanol–water partition coefficient (Wildman–Crippen LogP) is 2.28. The molecule has 0 saturated carbocycles. The van der Waals surface area contributed by atoms with Crippen molar-refractivity contribution >= 4 is 0 Å². The Hall–Kier alpha value is -0.0800. The molecule has 0 spiro atoms. The van der Waals surface area contributed by atoms with Crippen molar-refractivity contribution in [3.63, 3.8) is 0 Å². The van der Waals surface area contributed by atoms with Gasteiger partial charge in [0, 0.05) is 6.04 Å². The fourth-order valence-electron chi connectivity index (χ4n) is 1.44. The zero-order valence-electron chi connectivity index (χ0n) is 9.31. The van der Waals surface area contributed by atoms with Crippen LogP contribution < -0.4 is 11.1 Å². The van der Waals surface area contributed by atoms with E-state index in [2.05, 4.69) is 19.2 Å². The molecule has 0 aliphatic heterocycles. The van der Waals surface area contributed by atoms with Gasteiger partial charge in [0.25, 0.3) is 0 Å². The van der Waals surface area contributed by atoms with Crippen LogP contribution in [0.25, 0.3) is 0 Å². The second-order valence-electron chi connectivity index (χ2n) is 3.75. The summed E-state index contributed by atoms with van der Waals surface area (Å²) in [6.45, 7) is 6.51. The third-order valence-corrected chi connectivity index (χ3v) is 2.37. The Morgan fingerprint density at radius 2 is 1.85 bits per heavy atom. The normalized spacial score (nSPS) is 13.2. The summed E-state index contributed by atoms with van der Waals surface area (Å²) in [7, 11) is 0. The van der Waals surface area contributed by atoms with E-state index in [1.54, 1.807) is 0 Å². The van der Waals surface area contributed by atoms with Gasteiger partial charge in [-0.2, -0.15) is 0 Å². The van der Waals surface area contributed by atoms with E-state index in [1.807, 2.05) is 0 Å². The molecule has 0 rings (SSSR count). The Kier molecular flexibility index (Phi) is 9.94. The molecular weight excluding hydrogens is 160 g/mol. The smallest absolute Gasteiger partial charge is 0.00509 e. The molecule has 0 aliphatic rings. The highest BCUT2D eigenvalue weighted by molar-refractivity contribution is 4.62. The Bertz CT molecular complexity index is 94.1. The van der Waals surface area contributed by atoms with Gasteiger partial charge >= 0.3 is 0 Å². The summed E-state index contributed by atoms with van der Waals surface area (Å²) in [4.78, 5) is 0.